The van der Waals surface area contributed by atoms with Crippen molar-refractivity contribution in [2.24, 2.45) is 0 Å². The lowest BCUT2D eigenvalue weighted by atomic mass is 9.87. The number of aryl methyl sites for hydroxylation is 1. The third-order valence-corrected chi connectivity index (χ3v) is 4.97. The van der Waals surface area contributed by atoms with Crippen LogP contribution in [0.5, 0.6) is 0 Å². The number of aliphatic carboxylic acids is 1. The molecule has 1 amide bonds. The number of hydrogen-bond acceptors (Lipinski definition) is 4. The maximum Gasteiger partial charge on any atom is 0.304 e. The molecule has 1 atom stereocenters. The third kappa shape index (κ3) is 3.40. The van der Waals surface area contributed by atoms with Gasteiger partial charge >= 0.3 is 5.97 Å². The van der Waals surface area contributed by atoms with Crippen molar-refractivity contribution in [3.05, 3.63) is 59.4 Å². The Morgan fingerprint density at radius 2 is 2.07 bits per heavy atom. The summed E-state index contributed by atoms with van der Waals surface area (Å²) in [5.74, 6) is -1.15. The van der Waals surface area contributed by atoms with E-state index in [1.165, 1.54) is 0 Å². The van der Waals surface area contributed by atoms with Gasteiger partial charge in [-0.05, 0) is 29.7 Å². The van der Waals surface area contributed by atoms with Crippen LogP contribution in [-0.2, 0) is 22.7 Å². The van der Waals surface area contributed by atoms with Crippen LogP contribution >= 0.6 is 0 Å². The molecule has 0 spiro atoms. The van der Waals surface area contributed by atoms with Crippen LogP contribution in [0, 0.1) is 6.92 Å². The van der Waals surface area contributed by atoms with Gasteiger partial charge in [-0.2, -0.15) is 5.10 Å². The molecule has 7 nitrogen and oxygen atoms in total. The van der Waals surface area contributed by atoms with Gasteiger partial charge in [0.05, 0.1) is 12.6 Å². The fraction of sp³-hybridized carbons (Fsp3) is 0.300. The first kappa shape index (κ1) is 17.2. The highest BCUT2D eigenvalue weighted by Gasteiger charge is 2.29. The summed E-state index contributed by atoms with van der Waals surface area (Å²) in [6.07, 6.45) is 3.47. The van der Waals surface area contributed by atoms with Gasteiger partial charge in [-0.15, -0.1) is 0 Å². The van der Waals surface area contributed by atoms with E-state index in [1.54, 1.807) is 22.0 Å². The maximum atomic E-state index is 12.9. The number of carboxylic acid groups (broad SMARTS) is 1. The molecule has 0 fully saturated rings. The van der Waals surface area contributed by atoms with Crippen molar-refractivity contribution in [3.63, 3.8) is 0 Å². The maximum absolute atomic E-state index is 12.9. The molecule has 1 aromatic carbocycles. The highest BCUT2D eigenvalue weighted by molar-refractivity contribution is 5.80. The Morgan fingerprint density at radius 1 is 1.26 bits per heavy atom. The molecule has 0 aliphatic carbocycles. The van der Waals surface area contributed by atoms with E-state index >= 15 is 0 Å². The molecule has 1 aliphatic rings. The Labute approximate surface area is 156 Å². The van der Waals surface area contributed by atoms with Crippen molar-refractivity contribution in [1.29, 1.82) is 0 Å². The summed E-state index contributed by atoms with van der Waals surface area (Å²) in [4.78, 5) is 30.3. The molecule has 1 aliphatic heterocycles. The van der Waals surface area contributed by atoms with Crippen molar-refractivity contribution in [2.75, 3.05) is 6.54 Å². The van der Waals surface area contributed by atoms with E-state index in [2.05, 4.69) is 10.1 Å². The number of aromatic nitrogens is 3. The van der Waals surface area contributed by atoms with Gasteiger partial charge in [-0.3, -0.25) is 9.59 Å². The van der Waals surface area contributed by atoms with Crippen LogP contribution in [-0.4, -0.2) is 43.2 Å². The van der Waals surface area contributed by atoms with Crippen LogP contribution in [0.15, 0.2) is 42.7 Å². The fourth-order valence-electron chi connectivity index (χ4n) is 3.71. The van der Waals surface area contributed by atoms with Crippen molar-refractivity contribution >= 4 is 22.9 Å². The molecular weight excluding hydrogens is 344 g/mol. The Morgan fingerprint density at radius 3 is 2.89 bits per heavy atom. The first-order valence-corrected chi connectivity index (χ1v) is 8.87. The molecule has 3 aromatic rings. The standard InChI is InChI=1S/C20H20N4O3/c1-13-6-15-9-22-24(20(15)21-8-13)12-18(25)23-10-14-4-2-3-5-17(14)16(11-23)7-19(26)27/h2-6,8-9,16H,7,10-12H2,1H3,(H,26,27). The number of pyridine rings is 1. The molecule has 0 saturated carbocycles. The van der Waals surface area contributed by atoms with Gasteiger partial charge in [-0.25, -0.2) is 9.67 Å². The molecule has 0 radical (unpaired) electrons. The molecule has 0 saturated heterocycles. The Hall–Kier alpha value is -3.22. The second-order valence-corrected chi connectivity index (χ2v) is 7.00. The van der Waals surface area contributed by atoms with Crippen LogP contribution in [0.25, 0.3) is 11.0 Å². The minimum atomic E-state index is -0.859. The average molecular weight is 364 g/mol. The lowest BCUT2D eigenvalue weighted by Crippen LogP contribution is -2.40. The second-order valence-electron chi connectivity index (χ2n) is 7.00. The van der Waals surface area contributed by atoms with Crippen LogP contribution in [0.2, 0.25) is 0 Å². The smallest absolute Gasteiger partial charge is 0.304 e. The Kier molecular flexibility index (Phi) is 4.35. The molecular formula is C20H20N4O3. The highest BCUT2D eigenvalue weighted by atomic mass is 16.4. The van der Waals surface area contributed by atoms with E-state index < -0.39 is 5.97 Å². The predicted octanol–water partition coefficient (Wildman–Crippen LogP) is 2.34. The molecule has 27 heavy (non-hydrogen) atoms. The number of carbonyl (C=O) groups excluding carboxylic acids is 1. The van der Waals surface area contributed by atoms with Crippen LogP contribution in [0.3, 0.4) is 0 Å². The number of nitrogens with zero attached hydrogens (tertiary/aromatic N) is 4. The van der Waals surface area contributed by atoms with Gasteiger partial charge in [0.2, 0.25) is 5.91 Å². The molecule has 138 valence electrons. The summed E-state index contributed by atoms with van der Waals surface area (Å²) in [5.41, 5.74) is 3.74. The Balaban J connectivity index is 1.57. The summed E-state index contributed by atoms with van der Waals surface area (Å²) in [6, 6.07) is 9.72. The lowest BCUT2D eigenvalue weighted by Gasteiger charge is -2.34. The summed E-state index contributed by atoms with van der Waals surface area (Å²) in [5, 5.41) is 14.4. The molecule has 0 bridgehead atoms. The van der Waals surface area contributed by atoms with Crippen LogP contribution in [0.1, 0.15) is 29.0 Å². The van der Waals surface area contributed by atoms with Gasteiger partial charge in [0.15, 0.2) is 5.65 Å². The molecule has 1 N–H and O–H groups in total. The highest BCUT2D eigenvalue weighted by Crippen LogP contribution is 2.30. The number of benzene rings is 1. The zero-order chi connectivity index (χ0) is 19.0. The van der Waals surface area contributed by atoms with Crippen molar-refractivity contribution in [2.45, 2.75) is 32.4 Å². The minimum Gasteiger partial charge on any atom is -0.481 e. The van der Waals surface area contributed by atoms with E-state index in [-0.39, 0.29) is 24.8 Å². The number of amides is 1. The van der Waals surface area contributed by atoms with Gasteiger partial charge in [0.25, 0.3) is 0 Å². The summed E-state index contributed by atoms with van der Waals surface area (Å²) < 4.78 is 1.60. The zero-order valence-corrected chi connectivity index (χ0v) is 15.0. The number of carboxylic acids is 1. The summed E-state index contributed by atoms with van der Waals surface area (Å²) in [7, 11) is 0. The Bertz CT molecular complexity index is 1030. The van der Waals surface area contributed by atoms with Crippen LogP contribution < -0.4 is 0 Å². The van der Waals surface area contributed by atoms with E-state index in [9.17, 15) is 14.7 Å². The van der Waals surface area contributed by atoms with Gasteiger partial charge < -0.3 is 10.0 Å². The predicted molar refractivity (Wildman–Crippen MR) is 99.1 cm³/mol. The molecule has 4 rings (SSSR count). The summed E-state index contributed by atoms with van der Waals surface area (Å²) in [6.45, 7) is 2.93. The molecule has 7 heteroatoms. The van der Waals surface area contributed by atoms with E-state index in [0.717, 1.165) is 22.1 Å². The van der Waals surface area contributed by atoms with Crippen molar-refractivity contribution in [1.82, 2.24) is 19.7 Å². The third-order valence-electron chi connectivity index (χ3n) is 4.97. The van der Waals surface area contributed by atoms with Gasteiger partial charge in [0, 0.05) is 30.6 Å². The van der Waals surface area contributed by atoms with Crippen LogP contribution in [0.4, 0.5) is 0 Å². The molecule has 2 aromatic heterocycles. The average Bonchev–Trinajstić information content (AvgIpc) is 3.03. The van der Waals surface area contributed by atoms with E-state index in [1.807, 2.05) is 37.3 Å². The van der Waals surface area contributed by atoms with E-state index in [4.69, 9.17) is 0 Å². The largest absolute Gasteiger partial charge is 0.481 e. The van der Waals surface area contributed by atoms with Crippen molar-refractivity contribution < 1.29 is 14.7 Å². The molecule has 3 heterocycles. The number of rotatable bonds is 4. The fourth-order valence-corrected chi connectivity index (χ4v) is 3.71. The zero-order valence-electron chi connectivity index (χ0n) is 15.0. The topological polar surface area (TPSA) is 88.3 Å². The van der Waals surface area contributed by atoms with E-state index in [0.29, 0.717) is 18.7 Å². The first-order chi connectivity index (χ1) is 13.0. The quantitative estimate of drug-likeness (QED) is 0.768. The van der Waals surface area contributed by atoms with Crippen molar-refractivity contribution in [3.8, 4) is 0 Å². The number of hydrogen-bond donors (Lipinski definition) is 1. The monoisotopic (exact) mass is 364 g/mol. The minimum absolute atomic E-state index is 0.00628. The summed E-state index contributed by atoms with van der Waals surface area (Å²) >= 11 is 0. The second kappa shape index (κ2) is 6.83. The SMILES string of the molecule is Cc1cnc2c(cnn2CC(=O)N2Cc3ccccc3C(CC(=O)O)C2)c1. The number of fused-ring (bicyclic) bond motifs is 2. The normalized spacial score (nSPS) is 16.3. The first-order valence-electron chi connectivity index (χ1n) is 8.87. The van der Waals surface area contributed by atoms with Gasteiger partial charge in [-0.1, -0.05) is 24.3 Å². The van der Waals surface area contributed by atoms with Gasteiger partial charge in [0.1, 0.15) is 6.54 Å². The lowest BCUT2D eigenvalue weighted by molar-refractivity contribution is -0.139. The molecule has 1 unspecified atom stereocenters. The number of carbonyl (C=O) groups is 2.